The zero-order valence-electron chi connectivity index (χ0n) is 11.6. The highest BCUT2D eigenvalue weighted by Crippen LogP contribution is 2.30. The Morgan fingerprint density at radius 3 is 2.71 bits per heavy atom. The summed E-state index contributed by atoms with van der Waals surface area (Å²) in [7, 11) is 0. The van der Waals surface area contributed by atoms with Gasteiger partial charge in [0, 0.05) is 12.2 Å². The van der Waals surface area contributed by atoms with Crippen molar-refractivity contribution in [2.45, 2.75) is 25.8 Å². The fraction of sp³-hybridized carbons (Fsp3) is 0.357. The van der Waals surface area contributed by atoms with E-state index in [0.29, 0.717) is 30.6 Å². The first-order valence-corrected chi connectivity index (χ1v) is 6.64. The van der Waals surface area contributed by atoms with E-state index in [4.69, 9.17) is 5.73 Å². The third-order valence-electron chi connectivity index (χ3n) is 3.48. The van der Waals surface area contributed by atoms with Gasteiger partial charge in [0.15, 0.2) is 0 Å². The van der Waals surface area contributed by atoms with Crippen molar-refractivity contribution in [1.29, 1.82) is 0 Å². The second-order valence-electron chi connectivity index (χ2n) is 4.93. The number of urea groups is 1. The Labute approximate surface area is 121 Å². The van der Waals surface area contributed by atoms with Crippen LogP contribution in [0.25, 0.3) is 0 Å². The maximum atomic E-state index is 12.4. The summed E-state index contributed by atoms with van der Waals surface area (Å²) in [4.78, 5) is 36.0. The van der Waals surface area contributed by atoms with E-state index in [1.54, 1.807) is 19.1 Å². The Hall–Kier alpha value is -2.57. The summed E-state index contributed by atoms with van der Waals surface area (Å²) in [5, 5.41) is 11.6. The van der Waals surface area contributed by atoms with Crippen molar-refractivity contribution >= 4 is 23.6 Å². The van der Waals surface area contributed by atoms with Gasteiger partial charge in [-0.05, 0) is 37.5 Å². The molecule has 0 saturated carbocycles. The topological polar surface area (TPSA) is 113 Å². The number of nitrogens with zero attached hydrogens (tertiary/aromatic N) is 1. The number of carboxylic acids is 1. The van der Waals surface area contributed by atoms with Crippen LogP contribution >= 0.6 is 0 Å². The molecular formula is C14H17N3O4. The molecule has 2 rings (SSSR count). The van der Waals surface area contributed by atoms with Gasteiger partial charge >= 0.3 is 12.0 Å². The van der Waals surface area contributed by atoms with Gasteiger partial charge in [-0.2, -0.15) is 0 Å². The fourth-order valence-corrected chi connectivity index (χ4v) is 2.56. The molecule has 112 valence electrons. The number of hydrogen-bond donors (Lipinski definition) is 3. The molecule has 1 aliphatic heterocycles. The lowest BCUT2D eigenvalue weighted by molar-refractivity contribution is -0.120. The number of carbonyl (C=O) groups excluding carboxylic acids is 2. The van der Waals surface area contributed by atoms with Crippen LogP contribution in [-0.2, 0) is 11.2 Å². The number of hydrogen-bond acceptors (Lipinski definition) is 3. The van der Waals surface area contributed by atoms with Gasteiger partial charge < -0.3 is 21.1 Å². The second-order valence-corrected chi connectivity index (χ2v) is 4.93. The number of carbonyl (C=O) groups is 3. The molecule has 0 radical (unpaired) electrons. The fourth-order valence-electron chi connectivity index (χ4n) is 2.56. The molecule has 0 fully saturated rings. The van der Waals surface area contributed by atoms with Crippen LogP contribution in [0.1, 0.15) is 29.3 Å². The van der Waals surface area contributed by atoms with E-state index >= 15 is 0 Å². The smallest absolute Gasteiger partial charge is 0.336 e. The number of carboxylic acid groups (broad SMARTS) is 1. The molecule has 1 atom stereocenters. The maximum absolute atomic E-state index is 12.4. The Balaban J connectivity index is 2.34. The SMILES string of the molecule is CC(NC(N)=O)C(=O)N1CCCc2c(C(=O)O)cccc21. The third kappa shape index (κ3) is 2.96. The average molecular weight is 291 g/mol. The molecule has 21 heavy (non-hydrogen) atoms. The number of anilines is 1. The zero-order valence-corrected chi connectivity index (χ0v) is 11.6. The van der Waals surface area contributed by atoms with E-state index in [1.165, 1.54) is 11.0 Å². The Morgan fingerprint density at radius 1 is 1.38 bits per heavy atom. The molecule has 1 heterocycles. The van der Waals surface area contributed by atoms with E-state index in [9.17, 15) is 19.5 Å². The van der Waals surface area contributed by atoms with Crippen molar-refractivity contribution in [2.75, 3.05) is 11.4 Å². The lowest BCUT2D eigenvalue weighted by Crippen LogP contribution is -2.50. The summed E-state index contributed by atoms with van der Waals surface area (Å²) in [6, 6.07) is 3.32. The molecular weight excluding hydrogens is 274 g/mol. The van der Waals surface area contributed by atoms with Crippen LogP contribution in [0.3, 0.4) is 0 Å². The van der Waals surface area contributed by atoms with E-state index < -0.39 is 18.0 Å². The van der Waals surface area contributed by atoms with Gasteiger partial charge in [0.05, 0.1) is 5.56 Å². The number of benzene rings is 1. The van der Waals surface area contributed by atoms with Crippen molar-refractivity contribution in [1.82, 2.24) is 5.32 Å². The third-order valence-corrected chi connectivity index (χ3v) is 3.48. The number of nitrogens with one attached hydrogen (secondary N) is 1. The quantitative estimate of drug-likeness (QED) is 0.761. The molecule has 1 unspecified atom stereocenters. The number of amides is 3. The lowest BCUT2D eigenvalue weighted by Gasteiger charge is -2.32. The minimum Gasteiger partial charge on any atom is -0.478 e. The van der Waals surface area contributed by atoms with Crippen molar-refractivity contribution < 1.29 is 19.5 Å². The molecule has 0 bridgehead atoms. The lowest BCUT2D eigenvalue weighted by atomic mass is 9.96. The first-order valence-electron chi connectivity index (χ1n) is 6.64. The minimum atomic E-state index is -1.01. The molecule has 0 saturated heterocycles. The number of nitrogens with two attached hydrogens (primary N) is 1. The molecule has 1 aliphatic rings. The normalized spacial score (nSPS) is 15.0. The van der Waals surface area contributed by atoms with Gasteiger partial charge in [0.2, 0.25) is 5.91 Å². The molecule has 1 aromatic carbocycles. The zero-order chi connectivity index (χ0) is 15.6. The summed E-state index contributed by atoms with van der Waals surface area (Å²) in [6.07, 6.45) is 1.28. The Kier molecular flexibility index (Phi) is 4.11. The Bertz CT molecular complexity index is 600. The predicted octanol–water partition coefficient (Wildman–Crippen LogP) is 0.721. The standard InChI is InChI=1S/C14H17N3O4/c1-8(16-14(15)21)12(18)17-7-3-5-9-10(13(19)20)4-2-6-11(9)17/h2,4,6,8H,3,5,7H2,1H3,(H,19,20)(H3,15,16,21). The highest BCUT2D eigenvalue weighted by Gasteiger charge is 2.28. The molecule has 4 N–H and O–H groups in total. The van der Waals surface area contributed by atoms with Crippen molar-refractivity contribution in [2.24, 2.45) is 5.73 Å². The predicted molar refractivity (Wildman–Crippen MR) is 76.3 cm³/mol. The Morgan fingerprint density at radius 2 is 2.10 bits per heavy atom. The van der Waals surface area contributed by atoms with Gasteiger partial charge in [-0.3, -0.25) is 4.79 Å². The molecule has 7 heteroatoms. The molecule has 0 aromatic heterocycles. The monoisotopic (exact) mass is 291 g/mol. The van der Waals surface area contributed by atoms with Crippen molar-refractivity contribution in [3.05, 3.63) is 29.3 Å². The van der Waals surface area contributed by atoms with Gasteiger partial charge in [0.1, 0.15) is 6.04 Å². The second kappa shape index (κ2) is 5.82. The molecule has 7 nitrogen and oxygen atoms in total. The van der Waals surface area contributed by atoms with Crippen LogP contribution in [0.15, 0.2) is 18.2 Å². The van der Waals surface area contributed by atoms with Crippen LogP contribution in [0.4, 0.5) is 10.5 Å². The summed E-state index contributed by atoms with van der Waals surface area (Å²) >= 11 is 0. The van der Waals surface area contributed by atoms with Gasteiger partial charge in [-0.15, -0.1) is 0 Å². The molecule has 1 aromatic rings. The first kappa shape index (κ1) is 14.8. The van der Waals surface area contributed by atoms with Gasteiger partial charge in [0.25, 0.3) is 0 Å². The molecule has 0 spiro atoms. The average Bonchev–Trinajstić information content (AvgIpc) is 2.44. The van der Waals surface area contributed by atoms with E-state index in [0.717, 1.165) is 0 Å². The highest BCUT2D eigenvalue weighted by molar-refractivity contribution is 6.01. The van der Waals surface area contributed by atoms with Crippen LogP contribution in [0, 0.1) is 0 Å². The number of aromatic carboxylic acids is 1. The molecule has 0 aliphatic carbocycles. The first-order chi connectivity index (χ1) is 9.91. The van der Waals surface area contributed by atoms with Crippen LogP contribution in [0.2, 0.25) is 0 Å². The summed E-state index contributed by atoms with van der Waals surface area (Å²) in [6.45, 7) is 2.03. The maximum Gasteiger partial charge on any atom is 0.336 e. The van der Waals surface area contributed by atoms with Crippen molar-refractivity contribution in [3.8, 4) is 0 Å². The number of primary amides is 1. The number of rotatable bonds is 3. The van der Waals surface area contributed by atoms with E-state index in [2.05, 4.69) is 5.32 Å². The number of fused-ring (bicyclic) bond motifs is 1. The van der Waals surface area contributed by atoms with Crippen LogP contribution < -0.4 is 16.0 Å². The van der Waals surface area contributed by atoms with Gasteiger partial charge in [-0.25, -0.2) is 9.59 Å². The van der Waals surface area contributed by atoms with E-state index in [1.807, 2.05) is 0 Å². The van der Waals surface area contributed by atoms with E-state index in [-0.39, 0.29) is 11.5 Å². The molecule has 3 amide bonds. The highest BCUT2D eigenvalue weighted by atomic mass is 16.4. The minimum absolute atomic E-state index is 0.209. The van der Waals surface area contributed by atoms with Crippen LogP contribution in [0.5, 0.6) is 0 Å². The summed E-state index contributed by atoms with van der Waals surface area (Å²) < 4.78 is 0. The largest absolute Gasteiger partial charge is 0.478 e. The van der Waals surface area contributed by atoms with Crippen molar-refractivity contribution in [3.63, 3.8) is 0 Å². The van der Waals surface area contributed by atoms with Crippen LogP contribution in [-0.4, -0.2) is 35.6 Å². The summed E-state index contributed by atoms with van der Waals surface area (Å²) in [5.41, 5.74) is 6.47. The summed E-state index contributed by atoms with van der Waals surface area (Å²) in [5.74, 6) is -1.32. The van der Waals surface area contributed by atoms with Gasteiger partial charge in [-0.1, -0.05) is 6.07 Å².